The molecule has 0 aliphatic carbocycles. The van der Waals surface area contributed by atoms with Crippen LogP contribution in [0.1, 0.15) is 74.9 Å². The van der Waals surface area contributed by atoms with Gasteiger partial charge in [-0.3, -0.25) is 24.0 Å². The standard InChI is InChI=1S/C33H44F3N5O6/c1-18(2)22-11-13-23(14-12-22)30(45)41-27(19(3)4)32(47)40-25(17-21-9-7-6-8-10-21)31(46)38-20(5)29(44)39-24(15-16-26(37)42)28(43)33(34,35)36/h6-14,18-20,24-25,27-28,43H,15-17H2,1-5H3,(H2,37,42)(H,38,46)(H,39,44)(H,40,47)(H,41,45)/t20-,24?,25-,27-,28?/m0/s1. The van der Waals surface area contributed by atoms with Crippen LogP contribution in [0.5, 0.6) is 0 Å². The van der Waals surface area contributed by atoms with Crippen LogP contribution in [0.15, 0.2) is 54.6 Å². The highest BCUT2D eigenvalue weighted by molar-refractivity contribution is 5.99. The highest BCUT2D eigenvalue weighted by Gasteiger charge is 2.44. The van der Waals surface area contributed by atoms with Crippen molar-refractivity contribution in [3.63, 3.8) is 0 Å². The van der Waals surface area contributed by atoms with E-state index in [9.17, 15) is 42.3 Å². The lowest BCUT2D eigenvalue weighted by Gasteiger charge is -2.28. The predicted octanol–water partition coefficient (Wildman–Crippen LogP) is 2.47. The van der Waals surface area contributed by atoms with Gasteiger partial charge in [0.2, 0.25) is 23.6 Å². The van der Waals surface area contributed by atoms with Crippen molar-refractivity contribution in [3.05, 3.63) is 71.3 Å². The Morgan fingerprint density at radius 1 is 0.787 bits per heavy atom. The Morgan fingerprint density at radius 2 is 1.38 bits per heavy atom. The number of amides is 5. The van der Waals surface area contributed by atoms with Crippen LogP contribution in [0.2, 0.25) is 0 Å². The molecule has 0 radical (unpaired) electrons. The first kappa shape index (κ1) is 38.7. The summed E-state index contributed by atoms with van der Waals surface area (Å²) in [6.07, 6.45) is -9.25. The molecule has 14 heteroatoms. The second-order valence-corrected chi connectivity index (χ2v) is 12.1. The number of nitrogens with one attached hydrogen (secondary N) is 4. The van der Waals surface area contributed by atoms with E-state index in [1.807, 2.05) is 31.3 Å². The van der Waals surface area contributed by atoms with E-state index in [4.69, 9.17) is 5.73 Å². The number of hydrogen-bond acceptors (Lipinski definition) is 6. The van der Waals surface area contributed by atoms with Crippen LogP contribution in [0.3, 0.4) is 0 Å². The van der Waals surface area contributed by atoms with Crippen LogP contribution in [-0.2, 0) is 25.6 Å². The maximum Gasteiger partial charge on any atom is 0.416 e. The van der Waals surface area contributed by atoms with Crippen molar-refractivity contribution in [2.45, 2.75) is 96.2 Å². The van der Waals surface area contributed by atoms with Crippen molar-refractivity contribution in [1.29, 1.82) is 0 Å². The molecule has 5 atom stereocenters. The first-order chi connectivity index (χ1) is 21.9. The molecule has 2 aromatic carbocycles. The minimum Gasteiger partial charge on any atom is -0.382 e. The van der Waals surface area contributed by atoms with Crippen LogP contribution >= 0.6 is 0 Å². The third-order valence-electron chi connectivity index (χ3n) is 7.49. The van der Waals surface area contributed by atoms with E-state index in [0.29, 0.717) is 11.1 Å². The van der Waals surface area contributed by atoms with Crippen molar-refractivity contribution in [2.75, 3.05) is 0 Å². The van der Waals surface area contributed by atoms with Crippen LogP contribution in [0.25, 0.3) is 0 Å². The van der Waals surface area contributed by atoms with Gasteiger partial charge >= 0.3 is 6.18 Å². The van der Waals surface area contributed by atoms with Gasteiger partial charge in [0.1, 0.15) is 18.1 Å². The van der Waals surface area contributed by atoms with Gasteiger partial charge in [-0.15, -0.1) is 0 Å². The summed E-state index contributed by atoms with van der Waals surface area (Å²) in [5, 5.41) is 19.5. The summed E-state index contributed by atoms with van der Waals surface area (Å²) in [5.41, 5.74) is 7.06. The number of nitrogens with two attached hydrogens (primary N) is 1. The number of primary amides is 1. The van der Waals surface area contributed by atoms with Crippen LogP contribution in [0.4, 0.5) is 13.2 Å². The smallest absolute Gasteiger partial charge is 0.382 e. The van der Waals surface area contributed by atoms with E-state index >= 15 is 0 Å². The van der Waals surface area contributed by atoms with Gasteiger partial charge in [-0.2, -0.15) is 13.2 Å². The maximum absolute atomic E-state index is 13.5. The van der Waals surface area contributed by atoms with E-state index in [-0.39, 0.29) is 12.3 Å². The second-order valence-electron chi connectivity index (χ2n) is 12.1. The summed E-state index contributed by atoms with van der Waals surface area (Å²) < 4.78 is 39.6. The fraction of sp³-hybridized carbons (Fsp3) is 0.485. The molecule has 5 amide bonds. The summed E-state index contributed by atoms with van der Waals surface area (Å²) in [6, 6.07) is 9.97. The third kappa shape index (κ3) is 12.3. The number of aliphatic hydroxyl groups excluding tert-OH is 1. The summed E-state index contributed by atoms with van der Waals surface area (Å²) in [4.78, 5) is 63.9. The number of aliphatic hydroxyl groups is 1. The van der Waals surface area contributed by atoms with E-state index < -0.39 is 84.7 Å². The normalized spacial score (nSPS) is 14.8. The van der Waals surface area contributed by atoms with Gasteiger partial charge in [0.05, 0.1) is 6.04 Å². The number of benzene rings is 2. The third-order valence-corrected chi connectivity index (χ3v) is 7.49. The Labute approximate surface area is 272 Å². The van der Waals surface area contributed by atoms with Crippen LogP contribution in [-0.4, -0.2) is 71.1 Å². The Hall–Kier alpha value is -4.46. The Kier molecular flexibility index (Phi) is 14.4. The average molecular weight is 664 g/mol. The first-order valence-electron chi connectivity index (χ1n) is 15.3. The lowest BCUT2D eigenvalue weighted by Crippen LogP contribution is -2.59. The molecule has 0 bridgehead atoms. The molecule has 0 aliphatic heterocycles. The molecule has 47 heavy (non-hydrogen) atoms. The fourth-order valence-electron chi connectivity index (χ4n) is 4.62. The Morgan fingerprint density at radius 3 is 1.89 bits per heavy atom. The molecule has 2 unspecified atom stereocenters. The molecule has 0 spiro atoms. The number of alkyl halides is 3. The number of rotatable bonds is 16. The van der Waals surface area contributed by atoms with E-state index in [0.717, 1.165) is 5.56 Å². The Balaban J connectivity index is 2.22. The molecule has 7 N–H and O–H groups in total. The molecule has 0 aromatic heterocycles. The minimum absolute atomic E-state index is 0.0177. The van der Waals surface area contributed by atoms with Gasteiger partial charge in [-0.05, 0) is 48.4 Å². The number of carbonyl (C=O) groups excluding carboxylic acids is 5. The van der Waals surface area contributed by atoms with Gasteiger partial charge in [-0.1, -0.05) is 70.2 Å². The number of hydrogen-bond donors (Lipinski definition) is 6. The fourth-order valence-corrected chi connectivity index (χ4v) is 4.62. The molecular formula is C33H44F3N5O6. The summed E-state index contributed by atoms with van der Waals surface area (Å²) >= 11 is 0. The SMILES string of the molecule is CC(C)c1ccc(C(=O)N[C@H](C(=O)N[C@@H](Cc2ccccc2)C(=O)N[C@@H](C)C(=O)NC(CCC(N)=O)C(O)C(F)(F)F)C(C)C)cc1. The zero-order valence-corrected chi connectivity index (χ0v) is 27.1. The molecule has 0 saturated heterocycles. The predicted molar refractivity (Wildman–Crippen MR) is 169 cm³/mol. The zero-order chi connectivity index (χ0) is 35.5. The lowest BCUT2D eigenvalue weighted by atomic mass is 9.99. The Bertz CT molecular complexity index is 1370. The molecular weight excluding hydrogens is 619 g/mol. The number of halogens is 3. The average Bonchev–Trinajstić information content (AvgIpc) is 3.00. The molecule has 258 valence electrons. The van der Waals surface area contributed by atoms with Crippen LogP contribution in [0, 0.1) is 5.92 Å². The zero-order valence-electron chi connectivity index (χ0n) is 27.1. The molecule has 2 aromatic rings. The van der Waals surface area contributed by atoms with Crippen molar-refractivity contribution < 1.29 is 42.3 Å². The van der Waals surface area contributed by atoms with Gasteiger partial charge in [0.25, 0.3) is 5.91 Å². The van der Waals surface area contributed by atoms with Gasteiger partial charge < -0.3 is 32.1 Å². The summed E-state index contributed by atoms with van der Waals surface area (Å²) in [6.45, 7) is 8.68. The van der Waals surface area contributed by atoms with E-state index in [1.165, 1.54) is 6.92 Å². The summed E-state index contributed by atoms with van der Waals surface area (Å²) in [7, 11) is 0. The monoisotopic (exact) mass is 663 g/mol. The van der Waals surface area contributed by atoms with Crippen molar-refractivity contribution in [3.8, 4) is 0 Å². The molecule has 0 aliphatic rings. The highest BCUT2D eigenvalue weighted by Crippen LogP contribution is 2.24. The first-order valence-corrected chi connectivity index (χ1v) is 15.3. The number of carbonyl (C=O) groups is 5. The van der Waals surface area contributed by atoms with Crippen molar-refractivity contribution in [1.82, 2.24) is 21.3 Å². The maximum atomic E-state index is 13.5. The summed E-state index contributed by atoms with van der Waals surface area (Å²) in [5.74, 6) is -4.12. The molecule has 0 heterocycles. The van der Waals surface area contributed by atoms with Crippen molar-refractivity contribution in [2.24, 2.45) is 11.7 Å². The molecule has 11 nitrogen and oxygen atoms in total. The minimum atomic E-state index is -5.10. The molecule has 2 rings (SSSR count). The second kappa shape index (κ2) is 17.5. The van der Waals surface area contributed by atoms with Crippen molar-refractivity contribution >= 4 is 29.5 Å². The van der Waals surface area contributed by atoms with Gasteiger partial charge in [-0.25, -0.2) is 0 Å². The van der Waals surface area contributed by atoms with Gasteiger partial charge in [0, 0.05) is 18.4 Å². The quantitative estimate of drug-likeness (QED) is 0.161. The molecule has 0 saturated carbocycles. The lowest BCUT2D eigenvalue weighted by molar-refractivity contribution is -0.212. The van der Waals surface area contributed by atoms with E-state index in [2.05, 4.69) is 16.0 Å². The topological polar surface area (TPSA) is 180 Å². The highest BCUT2D eigenvalue weighted by atomic mass is 19.4. The van der Waals surface area contributed by atoms with Crippen LogP contribution < -0.4 is 27.0 Å². The van der Waals surface area contributed by atoms with E-state index in [1.54, 1.807) is 56.3 Å². The largest absolute Gasteiger partial charge is 0.416 e. The molecule has 0 fully saturated rings. The van der Waals surface area contributed by atoms with Gasteiger partial charge in [0.15, 0.2) is 6.10 Å².